The predicted octanol–water partition coefficient (Wildman–Crippen LogP) is 3.49. The third-order valence-corrected chi connectivity index (χ3v) is 4.88. The number of rotatable bonds is 7. The first-order chi connectivity index (χ1) is 13.1. The van der Waals surface area contributed by atoms with Gasteiger partial charge in [0.25, 0.3) is 0 Å². The summed E-state index contributed by atoms with van der Waals surface area (Å²) in [5, 5.41) is 0. The third-order valence-electron chi connectivity index (χ3n) is 4.88. The van der Waals surface area contributed by atoms with Gasteiger partial charge in [-0.2, -0.15) is 0 Å². The zero-order valence-corrected chi connectivity index (χ0v) is 15.9. The molecule has 1 aliphatic heterocycles. The van der Waals surface area contributed by atoms with Crippen LogP contribution in [-0.2, 0) is 16.1 Å². The average molecular weight is 366 g/mol. The van der Waals surface area contributed by atoms with Crippen LogP contribution in [0.1, 0.15) is 25.3 Å². The highest BCUT2D eigenvalue weighted by atomic mass is 16.5. The first-order valence-corrected chi connectivity index (χ1v) is 9.39. The SMILES string of the molecule is CCCN(Cc1ccccc1)C(=O)C1CC(=O)N(c2ccc(OC)cc2)C1. The summed E-state index contributed by atoms with van der Waals surface area (Å²) in [7, 11) is 1.61. The van der Waals surface area contributed by atoms with Crippen molar-refractivity contribution < 1.29 is 14.3 Å². The molecule has 0 spiro atoms. The van der Waals surface area contributed by atoms with Gasteiger partial charge < -0.3 is 14.5 Å². The molecule has 5 heteroatoms. The Balaban J connectivity index is 1.70. The van der Waals surface area contributed by atoms with Gasteiger partial charge in [0.05, 0.1) is 13.0 Å². The van der Waals surface area contributed by atoms with E-state index in [1.54, 1.807) is 12.0 Å². The van der Waals surface area contributed by atoms with Crippen LogP contribution in [0.5, 0.6) is 5.75 Å². The highest BCUT2D eigenvalue weighted by Crippen LogP contribution is 2.28. The van der Waals surface area contributed by atoms with E-state index in [-0.39, 0.29) is 24.2 Å². The predicted molar refractivity (Wildman–Crippen MR) is 106 cm³/mol. The largest absolute Gasteiger partial charge is 0.497 e. The lowest BCUT2D eigenvalue weighted by molar-refractivity contribution is -0.136. The molecule has 5 nitrogen and oxygen atoms in total. The Morgan fingerprint density at radius 1 is 1.15 bits per heavy atom. The molecule has 142 valence electrons. The summed E-state index contributed by atoms with van der Waals surface area (Å²) in [6.07, 6.45) is 1.15. The van der Waals surface area contributed by atoms with Crippen molar-refractivity contribution in [2.45, 2.75) is 26.3 Å². The Kier molecular flexibility index (Phi) is 6.12. The van der Waals surface area contributed by atoms with Gasteiger partial charge >= 0.3 is 0 Å². The molecule has 0 radical (unpaired) electrons. The topological polar surface area (TPSA) is 49.9 Å². The Morgan fingerprint density at radius 2 is 1.85 bits per heavy atom. The molecule has 2 aromatic rings. The Hall–Kier alpha value is -2.82. The van der Waals surface area contributed by atoms with Crippen molar-refractivity contribution in [2.24, 2.45) is 5.92 Å². The van der Waals surface area contributed by atoms with Crippen LogP contribution in [-0.4, -0.2) is 36.9 Å². The van der Waals surface area contributed by atoms with E-state index in [0.717, 1.165) is 23.4 Å². The second-order valence-corrected chi connectivity index (χ2v) is 6.85. The molecule has 0 aliphatic carbocycles. The molecule has 3 rings (SSSR count). The zero-order valence-electron chi connectivity index (χ0n) is 15.9. The molecule has 2 amide bonds. The molecule has 1 fully saturated rings. The van der Waals surface area contributed by atoms with Gasteiger partial charge in [-0.25, -0.2) is 0 Å². The smallest absolute Gasteiger partial charge is 0.228 e. The van der Waals surface area contributed by atoms with Gasteiger partial charge in [-0.3, -0.25) is 9.59 Å². The highest BCUT2D eigenvalue weighted by Gasteiger charge is 2.37. The lowest BCUT2D eigenvalue weighted by atomic mass is 10.1. The number of benzene rings is 2. The summed E-state index contributed by atoms with van der Waals surface area (Å²) in [5.74, 6) is 0.504. The summed E-state index contributed by atoms with van der Waals surface area (Å²) >= 11 is 0. The second kappa shape index (κ2) is 8.71. The van der Waals surface area contributed by atoms with Crippen LogP contribution < -0.4 is 9.64 Å². The van der Waals surface area contributed by atoms with Gasteiger partial charge in [-0.05, 0) is 36.2 Å². The number of hydrogen-bond acceptors (Lipinski definition) is 3. The normalized spacial score (nSPS) is 16.4. The van der Waals surface area contributed by atoms with Crippen molar-refractivity contribution in [3.63, 3.8) is 0 Å². The Morgan fingerprint density at radius 3 is 2.48 bits per heavy atom. The molecule has 1 aliphatic rings. The summed E-state index contributed by atoms with van der Waals surface area (Å²) < 4.78 is 5.17. The number of carbonyl (C=O) groups excluding carboxylic acids is 2. The summed E-state index contributed by atoms with van der Waals surface area (Å²) in [4.78, 5) is 29.2. The molecular formula is C22H26N2O3. The third kappa shape index (κ3) is 4.48. The van der Waals surface area contributed by atoms with E-state index >= 15 is 0 Å². The standard InChI is InChI=1S/C22H26N2O3/c1-3-13-23(15-17-7-5-4-6-8-17)22(26)18-14-21(25)24(16-18)19-9-11-20(27-2)12-10-19/h4-12,18H,3,13-16H2,1-2H3. The first kappa shape index (κ1) is 19.0. The highest BCUT2D eigenvalue weighted by molar-refractivity contribution is 6.00. The molecular weight excluding hydrogens is 340 g/mol. The maximum atomic E-state index is 13.1. The number of carbonyl (C=O) groups is 2. The Labute approximate surface area is 160 Å². The van der Waals surface area contributed by atoms with E-state index in [2.05, 4.69) is 6.92 Å². The number of anilines is 1. The Bertz CT molecular complexity index is 774. The van der Waals surface area contributed by atoms with Crippen molar-refractivity contribution in [3.8, 4) is 5.75 Å². The van der Waals surface area contributed by atoms with E-state index in [1.807, 2.05) is 59.5 Å². The molecule has 1 saturated heterocycles. The quantitative estimate of drug-likeness (QED) is 0.754. The van der Waals surface area contributed by atoms with Gasteiger partial charge in [0, 0.05) is 31.7 Å². The molecule has 1 atom stereocenters. The van der Waals surface area contributed by atoms with Crippen molar-refractivity contribution in [3.05, 3.63) is 60.2 Å². The van der Waals surface area contributed by atoms with Gasteiger partial charge in [0.2, 0.25) is 11.8 Å². The van der Waals surface area contributed by atoms with Crippen molar-refractivity contribution in [1.82, 2.24) is 4.90 Å². The lowest BCUT2D eigenvalue weighted by Gasteiger charge is -2.25. The van der Waals surface area contributed by atoms with Crippen molar-refractivity contribution in [1.29, 1.82) is 0 Å². The molecule has 1 unspecified atom stereocenters. The van der Waals surface area contributed by atoms with Crippen LogP contribution in [0, 0.1) is 5.92 Å². The minimum atomic E-state index is -0.296. The molecule has 1 heterocycles. The first-order valence-electron chi connectivity index (χ1n) is 9.39. The number of amides is 2. The fourth-order valence-electron chi connectivity index (χ4n) is 3.48. The zero-order chi connectivity index (χ0) is 19.2. The average Bonchev–Trinajstić information content (AvgIpc) is 3.09. The van der Waals surface area contributed by atoms with Crippen LogP contribution >= 0.6 is 0 Å². The maximum Gasteiger partial charge on any atom is 0.228 e. The van der Waals surface area contributed by atoms with E-state index < -0.39 is 0 Å². The van der Waals surface area contributed by atoms with Gasteiger partial charge in [0.15, 0.2) is 0 Å². The molecule has 0 saturated carbocycles. The molecule has 0 bridgehead atoms. The van der Waals surface area contributed by atoms with Gasteiger partial charge in [-0.1, -0.05) is 37.3 Å². The summed E-state index contributed by atoms with van der Waals surface area (Å²) in [6, 6.07) is 17.4. The second-order valence-electron chi connectivity index (χ2n) is 6.85. The number of methoxy groups -OCH3 is 1. The molecule has 2 aromatic carbocycles. The minimum absolute atomic E-state index is 0.00493. The fraction of sp³-hybridized carbons (Fsp3) is 0.364. The van der Waals surface area contributed by atoms with Crippen LogP contribution in [0.4, 0.5) is 5.69 Å². The van der Waals surface area contributed by atoms with Crippen molar-refractivity contribution in [2.75, 3.05) is 25.1 Å². The van der Waals surface area contributed by atoms with Crippen LogP contribution in [0.2, 0.25) is 0 Å². The van der Waals surface area contributed by atoms with Crippen molar-refractivity contribution >= 4 is 17.5 Å². The summed E-state index contributed by atoms with van der Waals surface area (Å²) in [6.45, 7) is 3.77. The van der Waals surface area contributed by atoms with E-state index in [0.29, 0.717) is 19.6 Å². The number of ether oxygens (including phenoxy) is 1. The van der Waals surface area contributed by atoms with E-state index in [9.17, 15) is 9.59 Å². The minimum Gasteiger partial charge on any atom is -0.497 e. The monoisotopic (exact) mass is 366 g/mol. The molecule has 0 aromatic heterocycles. The van der Waals surface area contributed by atoms with Crippen LogP contribution in [0.15, 0.2) is 54.6 Å². The summed E-state index contributed by atoms with van der Waals surface area (Å²) in [5.41, 5.74) is 1.91. The fourth-order valence-corrected chi connectivity index (χ4v) is 3.48. The number of nitrogens with zero attached hydrogens (tertiary/aromatic N) is 2. The van der Waals surface area contributed by atoms with E-state index in [1.165, 1.54) is 0 Å². The molecule has 0 N–H and O–H groups in total. The van der Waals surface area contributed by atoms with Crippen LogP contribution in [0.3, 0.4) is 0 Å². The molecule has 27 heavy (non-hydrogen) atoms. The van der Waals surface area contributed by atoms with Crippen LogP contribution in [0.25, 0.3) is 0 Å². The van der Waals surface area contributed by atoms with Gasteiger partial charge in [0.1, 0.15) is 5.75 Å². The lowest BCUT2D eigenvalue weighted by Crippen LogP contribution is -2.37. The van der Waals surface area contributed by atoms with Gasteiger partial charge in [-0.15, -0.1) is 0 Å². The van der Waals surface area contributed by atoms with E-state index in [4.69, 9.17) is 4.74 Å². The number of hydrogen-bond donors (Lipinski definition) is 0. The maximum absolute atomic E-state index is 13.1.